The van der Waals surface area contributed by atoms with Gasteiger partial charge in [-0.1, -0.05) is 6.07 Å². The van der Waals surface area contributed by atoms with E-state index in [4.69, 9.17) is 9.47 Å². The Kier molecular flexibility index (Phi) is 6.30. The van der Waals surface area contributed by atoms with Gasteiger partial charge in [-0.05, 0) is 42.0 Å². The number of imidazole rings is 1. The van der Waals surface area contributed by atoms with Crippen LogP contribution in [-0.4, -0.2) is 34.7 Å². The SMILES string of the molecule is COc1ccc(CNc2nc3cnc(Nc4ccc(NC(C)=O)cc4)cc3n2C)cc1OC. The number of nitrogens with one attached hydrogen (secondary N) is 3. The minimum Gasteiger partial charge on any atom is -0.493 e. The fourth-order valence-electron chi connectivity index (χ4n) is 3.48. The second-order valence-electron chi connectivity index (χ2n) is 7.48. The molecule has 2 aromatic heterocycles. The fourth-order valence-corrected chi connectivity index (χ4v) is 3.48. The third-order valence-electron chi connectivity index (χ3n) is 5.14. The number of hydrogen-bond donors (Lipinski definition) is 3. The maximum Gasteiger partial charge on any atom is 0.221 e. The van der Waals surface area contributed by atoms with Crippen molar-refractivity contribution in [3.8, 4) is 11.5 Å². The third-order valence-corrected chi connectivity index (χ3v) is 5.14. The first-order chi connectivity index (χ1) is 16.0. The van der Waals surface area contributed by atoms with Crippen LogP contribution in [0.2, 0.25) is 0 Å². The Morgan fingerprint density at radius 3 is 2.42 bits per heavy atom. The summed E-state index contributed by atoms with van der Waals surface area (Å²) >= 11 is 0. The number of carbonyl (C=O) groups is 1. The predicted octanol–water partition coefficient (Wildman–Crippen LogP) is 4.30. The summed E-state index contributed by atoms with van der Waals surface area (Å²) in [7, 11) is 5.20. The lowest BCUT2D eigenvalue weighted by molar-refractivity contribution is -0.114. The van der Waals surface area contributed by atoms with E-state index in [0.717, 1.165) is 33.9 Å². The lowest BCUT2D eigenvalue weighted by Gasteiger charge is -2.11. The minimum atomic E-state index is -0.102. The monoisotopic (exact) mass is 446 g/mol. The van der Waals surface area contributed by atoms with E-state index in [1.807, 2.05) is 60.1 Å². The van der Waals surface area contributed by atoms with Gasteiger partial charge in [-0.2, -0.15) is 0 Å². The minimum absolute atomic E-state index is 0.102. The molecular weight excluding hydrogens is 420 g/mol. The summed E-state index contributed by atoms with van der Waals surface area (Å²) in [6.07, 6.45) is 1.74. The summed E-state index contributed by atoms with van der Waals surface area (Å²) in [5.41, 5.74) is 4.39. The lowest BCUT2D eigenvalue weighted by Crippen LogP contribution is -2.05. The van der Waals surface area contributed by atoms with Crippen LogP contribution in [0.15, 0.2) is 54.7 Å². The van der Waals surface area contributed by atoms with Crippen LogP contribution in [-0.2, 0) is 18.4 Å². The van der Waals surface area contributed by atoms with Gasteiger partial charge in [0.1, 0.15) is 11.3 Å². The molecule has 0 radical (unpaired) electrons. The summed E-state index contributed by atoms with van der Waals surface area (Å²) in [6.45, 7) is 2.06. The van der Waals surface area contributed by atoms with E-state index >= 15 is 0 Å². The van der Waals surface area contributed by atoms with E-state index in [0.29, 0.717) is 23.9 Å². The van der Waals surface area contributed by atoms with Crippen LogP contribution in [0.1, 0.15) is 12.5 Å². The van der Waals surface area contributed by atoms with E-state index in [1.165, 1.54) is 6.92 Å². The maximum atomic E-state index is 11.2. The van der Waals surface area contributed by atoms with Gasteiger partial charge >= 0.3 is 0 Å². The molecule has 2 aromatic carbocycles. The number of aromatic nitrogens is 3. The molecule has 4 aromatic rings. The first-order valence-electron chi connectivity index (χ1n) is 10.4. The number of hydrogen-bond acceptors (Lipinski definition) is 7. The molecule has 3 N–H and O–H groups in total. The van der Waals surface area contributed by atoms with Crippen molar-refractivity contribution in [2.75, 3.05) is 30.2 Å². The highest BCUT2D eigenvalue weighted by Crippen LogP contribution is 2.28. The normalized spacial score (nSPS) is 10.7. The maximum absolute atomic E-state index is 11.2. The van der Waals surface area contributed by atoms with Crippen molar-refractivity contribution in [1.29, 1.82) is 0 Å². The molecule has 1 amide bonds. The van der Waals surface area contributed by atoms with Crippen molar-refractivity contribution in [3.63, 3.8) is 0 Å². The van der Waals surface area contributed by atoms with E-state index in [9.17, 15) is 4.79 Å². The number of nitrogens with zero attached hydrogens (tertiary/aromatic N) is 3. The van der Waals surface area contributed by atoms with Crippen molar-refractivity contribution in [1.82, 2.24) is 14.5 Å². The molecular formula is C24H26N6O3. The van der Waals surface area contributed by atoms with E-state index in [2.05, 4.69) is 25.9 Å². The first kappa shape index (κ1) is 21.9. The molecule has 4 rings (SSSR count). The number of rotatable bonds is 8. The van der Waals surface area contributed by atoms with Gasteiger partial charge in [-0.3, -0.25) is 4.79 Å². The van der Waals surface area contributed by atoms with Gasteiger partial charge in [0.05, 0.1) is 25.9 Å². The second-order valence-corrected chi connectivity index (χ2v) is 7.48. The van der Waals surface area contributed by atoms with Crippen LogP contribution in [0, 0.1) is 0 Å². The average molecular weight is 447 g/mol. The summed E-state index contributed by atoms with van der Waals surface area (Å²) in [5.74, 6) is 2.71. The Morgan fingerprint density at radius 1 is 1.00 bits per heavy atom. The Hall–Kier alpha value is -4.27. The van der Waals surface area contributed by atoms with Gasteiger partial charge in [0.15, 0.2) is 11.5 Å². The molecule has 0 unspecified atom stereocenters. The summed E-state index contributed by atoms with van der Waals surface area (Å²) < 4.78 is 12.7. The molecule has 0 fully saturated rings. The number of aryl methyl sites for hydroxylation is 1. The van der Waals surface area contributed by atoms with Crippen LogP contribution in [0.4, 0.5) is 23.1 Å². The number of amides is 1. The van der Waals surface area contributed by atoms with Gasteiger partial charge in [0.2, 0.25) is 11.9 Å². The molecule has 0 atom stereocenters. The summed E-state index contributed by atoms with van der Waals surface area (Å²) in [6, 6.07) is 15.2. The fraction of sp³-hybridized carbons (Fsp3) is 0.208. The zero-order chi connectivity index (χ0) is 23.4. The van der Waals surface area contributed by atoms with Crippen molar-refractivity contribution in [2.24, 2.45) is 7.05 Å². The Balaban J connectivity index is 1.48. The molecule has 0 bridgehead atoms. The molecule has 33 heavy (non-hydrogen) atoms. The highest BCUT2D eigenvalue weighted by atomic mass is 16.5. The lowest BCUT2D eigenvalue weighted by atomic mass is 10.2. The summed E-state index contributed by atoms with van der Waals surface area (Å²) in [5, 5.41) is 9.41. The molecule has 2 heterocycles. The standard InChI is InChI=1S/C24H26N6O3/c1-15(31)27-17-6-8-18(9-7-17)28-23-12-20-19(14-25-23)29-24(30(20)2)26-13-16-5-10-21(32-3)22(11-16)33-4/h5-12,14H,13H2,1-4H3,(H,25,28)(H,26,29)(H,27,31). The molecule has 9 heteroatoms. The number of anilines is 4. The van der Waals surface area contributed by atoms with Crippen molar-refractivity contribution in [2.45, 2.75) is 13.5 Å². The van der Waals surface area contributed by atoms with Gasteiger partial charge < -0.3 is 30.0 Å². The Bertz CT molecular complexity index is 1280. The summed E-state index contributed by atoms with van der Waals surface area (Å²) in [4.78, 5) is 20.3. The first-order valence-corrected chi connectivity index (χ1v) is 10.4. The number of carbonyl (C=O) groups excluding carboxylic acids is 1. The molecule has 0 saturated carbocycles. The topological polar surface area (TPSA) is 102 Å². The highest BCUT2D eigenvalue weighted by molar-refractivity contribution is 5.89. The number of ether oxygens (including phenoxy) is 2. The Morgan fingerprint density at radius 2 is 1.73 bits per heavy atom. The molecule has 0 spiro atoms. The number of fused-ring (bicyclic) bond motifs is 1. The van der Waals surface area contributed by atoms with Crippen LogP contribution < -0.4 is 25.4 Å². The van der Waals surface area contributed by atoms with Gasteiger partial charge in [0.25, 0.3) is 0 Å². The zero-order valence-corrected chi connectivity index (χ0v) is 19.0. The number of methoxy groups -OCH3 is 2. The molecule has 170 valence electrons. The van der Waals surface area contributed by atoms with Crippen molar-refractivity contribution >= 4 is 40.1 Å². The predicted molar refractivity (Wildman–Crippen MR) is 129 cm³/mol. The average Bonchev–Trinajstić information content (AvgIpc) is 3.13. The molecule has 0 saturated heterocycles. The molecule has 0 aliphatic heterocycles. The van der Waals surface area contributed by atoms with E-state index in [1.54, 1.807) is 20.4 Å². The van der Waals surface area contributed by atoms with E-state index in [-0.39, 0.29) is 5.91 Å². The quantitative estimate of drug-likeness (QED) is 0.371. The van der Waals surface area contributed by atoms with Gasteiger partial charge in [-0.15, -0.1) is 0 Å². The highest BCUT2D eigenvalue weighted by Gasteiger charge is 2.11. The largest absolute Gasteiger partial charge is 0.493 e. The van der Waals surface area contributed by atoms with Crippen LogP contribution in [0.25, 0.3) is 11.0 Å². The molecule has 0 aliphatic rings. The van der Waals surface area contributed by atoms with Gasteiger partial charge in [0, 0.05) is 38.0 Å². The zero-order valence-electron chi connectivity index (χ0n) is 19.0. The van der Waals surface area contributed by atoms with Crippen LogP contribution >= 0.6 is 0 Å². The van der Waals surface area contributed by atoms with Crippen molar-refractivity contribution in [3.05, 3.63) is 60.3 Å². The Labute approximate surface area is 191 Å². The van der Waals surface area contributed by atoms with Gasteiger partial charge in [-0.25, -0.2) is 9.97 Å². The molecule has 9 nitrogen and oxygen atoms in total. The number of benzene rings is 2. The van der Waals surface area contributed by atoms with Crippen LogP contribution in [0.5, 0.6) is 11.5 Å². The van der Waals surface area contributed by atoms with Crippen LogP contribution in [0.3, 0.4) is 0 Å². The van der Waals surface area contributed by atoms with E-state index < -0.39 is 0 Å². The number of pyridine rings is 1. The van der Waals surface area contributed by atoms with Crippen molar-refractivity contribution < 1.29 is 14.3 Å². The smallest absolute Gasteiger partial charge is 0.221 e. The molecule has 0 aliphatic carbocycles. The third kappa shape index (κ3) is 4.98. The second kappa shape index (κ2) is 9.47.